The molecule has 15 heavy (non-hydrogen) atoms. The first-order valence-corrected chi connectivity index (χ1v) is 5.64. The van der Waals surface area contributed by atoms with E-state index in [-0.39, 0.29) is 0 Å². The van der Waals surface area contributed by atoms with Crippen LogP contribution in [0.1, 0.15) is 31.9 Å². The third-order valence-corrected chi connectivity index (χ3v) is 2.72. The number of hydrogen-bond donors (Lipinski definition) is 0. The van der Waals surface area contributed by atoms with Crippen molar-refractivity contribution in [1.29, 1.82) is 0 Å². The fourth-order valence-corrected chi connectivity index (χ4v) is 1.64. The van der Waals surface area contributed by atoms with Gasteiger partial charge in [-0.25, -0.2) is 0 Å². The zero-order valence-corrected chi connectivity index (χ0v) is 10.1. The molecule has 0 fully saturated rings. The number of benzene rings is 1. The largest absolute Gasteiger partial charge is 0.300 e. The Balaban J connectivity index is 2.77. The normalized spacial score (nSPS) is 10.7. The number of rotatable bonds is 5. The van der Waals surface area contributed by atoms with Crippen LogP contribution in [0.4, 0.5) is 0 Å². The summed E-state index contributed by atoms with van der Waals surface area (Å²) in [5.74, 6) is 0. The van der Waals surface area contributed by atoms with Gasteiger partial charge in [0, 0.05) is 6.54 Å². The molecule has 0 amide bonds. The Bertz CT molecular complexity index is 324. The van der Waals surface area contributed by atoms with Crippen molar-refractivity contribution in [2.75, 3.05) is 13.1 Å². The summed E-state index contributed by atoms with van der Waals surface area (Å²) < 4.78 is 0. The molecular weight excluding hydrogens is 182 g/mol. The molecule has 0 saturated carbocycles. The third kappa shape index (κ3) is 3.52. The van der Waals surface area contributed by atoms with E-state index >= 15 is 0 Å². The first-order valence-electron chi connectivity index (χ1n) is 5.64. The SMILES string of the molecule is C=C(C)c1cccc(CN(CC)CC)c1. The van der Waals surface area contributed by atoms with Gasteiger partial charge in [-0.2, -0.15) is 0 Å². The molecule has 0 unspecified atom stereocenters. The fourth-order valence-electron chi connectivity index (χ4n) is 1.64. The molecule has 0 aliphatic carbocycles. The van der Waals surface area contributed by atoms with Crippen LogP contribution in [0.5, 0.6) is 0 Å². The molecule has 0 saturated heterocycles. The van der Waals surface area contributed by atoms with Gasteiger partial charge >= 0.3 is 0 Å². The number of nitrogens with zero attached hydrogens (tertiary/aromatic N) is 1. The van der Waals surface area contributed by atoms with E-state index in [9.17, 15) is 0 Å². The Hall–Kier alpha value is -1.08. The van der Waals surface area contributed by atoms with Crippen LogP contribution in [0.3, 0.4) is 0 Å². The van der Waals surface area contributed by atoms with Crippen molar-refractivity contribution < 1.29 is 0 Å². The molecule has 1 aromatic rings. The van der Waals surface area contributed by atoms with Gasteiger partial charge in [0.25, 0.3) is 0 Å². The molecule has 0 aromatic heterocycles. The third-order valence-electron chi connectivity index (χ3n) is 2.72. The second-order valence-corrected chi connectivity index (χ2v) is 3.94. The average molecular weight is 203 g/mol. The molecule has 0 bridgehead atoms. The summed E-state index contributed by atoms with van der Waals surface area (Å²) in [7, 11) is 0. The van der Waals surface area contributed by atoms with Gasteiger partial charge in [0.2, 0.25) is 0 Å². The van der Waals surface area contributed by atoms with E-state index in [1.807, 2.05) is 0 Å². The summed E-state index contributed by atoms with van der Waals surface area (Å²) in [5.41, 5.74) is 3.76. The van der Waals surface area contributed by atoms with Crippen molar-refractivity contribution in [2.45, 2.75) is 27.3 Å². The average Bonchev–Trinajstić information content (AvgIpc) is 2.26. The topological polar surface area (TPSA) is 3.24 Å². The van der Waals surface area contributed by atoms with E-state index < -0.39 is 0 Å². The molecule has 0 aliphatic rings. The van der Waals surface area contributed by atoms with Crippen molar-refractivity contribution in [2.24, 2.45) is 0 Å². The highest BCUT2D eigenvalue weighted by atomic mass is 15.1. The Morgan fingerprint density at radius 2 is 1.93 bits per heavy atom. The smallest absolute Gasteiger partial charge is 0.0233 e. The van der Waals surface area contributed by atoms with Crippen LogP contribution in [0.15, 0.2) is 30.8 Å². The highest BCUT2D eigenvalue weighted by Gasteiger charge is 2.01. The second-order valence-electron chi connectivity index (χ2n) is 3.94. The van der Waals surface area contributed by atoms with E-state index in [0.29, 0.717) is 0 Å². The number of hydrogen-bond acceptors (Lipinski definition) is 1. The molecular formula is C14H21N. The molecule has 1 nitrogen and oxygen atoms in total. The number of allylic oxidation sites excluding steroid dienone is 1. The molecule has 0 N–H and O–H groups in total. The maximum absolute atomic E-state index is 3.97. The predicted octanol–water partition coefficient (Wildman–Crippen LogP) is 3.56. The Labute approximate surface area is 93.4 Å². The van der Waals surface area contributed by atoms with Crippen LogP contribution in [0.25, 0.3) is 5.57 Å². The molecule has 1 aromatic carbocycles. The van der Waals surface area contributed by atoms with Crippen molar-refractivity contribution in [1.82, 2.24) is 4.90 Å². The van der Waals surface area contributed by atoms with Gasteiger partial charge in [-0.05, 0) is 31.1 Å². The van der Waals surface area contributed by atoms with Crippen LogP contribution < -0.4 is 0 Å². The lowest BCUT2D eigenvalue weighted by Crippen LogP contribution is -2.22. The minimum atomic E-state index is 1.04. The van der Waals surface area contributed by atoms with E-state index in [1.54, 1.807) is 0 Å². The summed E-state index contributed by atoms with van der Waals surface area (Å²) in [6.45, 7) is 13.7. The Kier molecular flexibility index (Phi) is 4.57. The van der Waals surface area contributed by atoms with Crippen LogP contribution in [-0.2, 0) is 6.54 Å². The molecule has 0 aliphatic heterocycles. The maximum Gasteiger partial charge on any atom is 0.0233 e. The molecule has 1 rings (SSSR count). The minimum absolute atomic E-state index is 1.04. The van der Waals surface area contributed by atoms with E-state index in [1.165, 1.54) is 11.1 Å². The van der Waals surface area contributed by atoms with Gasteiger partial charge < -0.3 is 0 Å². The standard InChI is InChI=1S/C14H21N/c1-5-15(6-2)11-13-8-7-9-14(10-13)12(3)4/h7-10H,3,5-6,11H2,1-2,4H3. The molecule has 0 heterocycles. The van der Waals surface area contributed by atoms with E-state index in [2.05, 4.69) is 56.5 Å². The van der Waals surface area contributed by atoms with Crippen molar-refractivity contribution in [3.63, 3.8) is 0 Å². The molecule has 0 spiro atoms. The maximum atomic E-state index is 3.97. The summed E-state index contributed by atoms with van der Waals surface area (Å²) in [4.78, 5) is 2.41. The van der Waals surface area contributed by atoms with Crippen molar-refractivity contribution >= 4 is 5.57 Å². The molecule has 0 radical (unpaired) electrons. The van der Waals surface area contributed by atoms with Crippen LogP contribution in [0.2, 0.25) is 0 Å². The van der Waals surface area contributed by atoms with Gasteiger partial charge in [0.05, 0.1) is 0 Å². The molecule has 1 heteroatoms. The zero-order valence-electron chi connectivity index (χ0n) is 10.1. The first kappa shape index (κ1) is 12.0. The zero-order chi connectivity index (χ0) is 11.3. The van der Waals surface area contributed by atoms with Crippen LogP contribution >= 0.6 is 0 Å². The predicted molar refractivity (Wildman–Crippen MR) is 67.8 cm³/mol. The van der Waals surface area contributed by atoms with E-state index in [0.717, 1.165) is 25.2 Å². The van der Waals surface area contributed by atoms with Crippen LogP contribution in [-0.4, -0.2) is 18.0 Å². The van der Waals surface area contributed by atoms with Gasteiger partial charge in [0.15, 0.2) is 0 Å². The van der Waals surface area contributed by atoms with E-state index in [4.69, 9.17) is 0 Å². The second kappa shape index (κ2) is 5.72. The van der Waals surface area contributed by atoms with Gasteiger partial charge in [-0.15, -0.1) is 0 Å². The summed E-state index contributed by atoms with van der Waals surface area (Å²) in [5, 5.41) is 0. The Morgan fingerprint density at radius 3 is 2.47 bits per heavy atom. The summed E-state index contributed by atoms with van der Waals surface area (Å²) in [6, 6.07) is 8.66. The quantitative estimate of drug-likeness (QED) is 0.707. The lowest BCUT2D eigenvalue weighted by atomic mass is 10.1. The molecule has 0 atom stereocenters. The van der Waals surface area contributed by atoms with Crippen molar-refractivity contribution in [3.8, 4) is 0 Å². The monoisotopic (exact) mass is 203 g/mol. The van der Waals surface area contributed by atoms with Gasteiger partial charge in [-0.3, -0.25) is 4.90 Å². The van der Waals surface area contributed by atoms with Crippen molar-refractivity contribution in [3.05, 3.63) is 42.0 Å². The van der Waals surface area contributed by atoms with Gasteiger partial charge in [0.1, 0.15) is 0 Å². The van der Waals surface area contributed by atoms with Crippen LogP contribution in [0, 0.1) is 0 Å². The fraction of sp³-hybridized carbons (Fsp3) is 0.429. The summed E-state index contributed by atoms with van der Waals surface area (Å²) >= 11 is 0. The lowest BCUT2D eigenvalue weighted by molar-refractivity contribution is 0.296. The molecule has 82 valence electrons. The summed E-state index contributed by atoms with van der Waals surface area (Å²) in [6.07, 6.45) is 0. The first-order chi connectivity index (χ1) is 7.17. The Morgan fingerprint density at radius 1 is 1.27 bits per heavy atom. The minimum Gasteiger partial charge on any atom is -0.300 e. The lowest BCUT2D eigenvalue weighted by Gasteiger charge is -2.18. The van der Waals surface area contributed by atoms with Gasteiger partial charge in [-0.1, -0.05) is 50.3 Å². The highest BCUT2D eigenvalue weighted by Crippen LogP contribution is 2.14. The highest BCUT2D eigenvalue weighted by molar-refractivity contribution is 5.61.